The summed E-state index contributed by atoms with van der Waals surface area (Å²) in [5.74, 6) is -0.535. The molecule has 0 bridgehead atoms. The topological polar surface area (TPSA) is 84.2 Å². The normalized spacial score (nSPS) is 11.9. The van der Waals surface area contributed by atoms with Crippen LogP contribution in [0.1, 0.15) is 6.92 Å². The van der Waals surface area contributed by atoms with Crippen molar-refractivity contribution in [3.8, 4) is 0 Å². The van der Waals surface area contributed by atoms with E-state index in [0.29, 0.717) is 0 Å². The Morgan fingerprint density at radius 3 is 2.36 bits per heavy atom. The van der Waals surface area contributed by atoms with Gasteiger partial charge in [-0.05, 0) is 0 Å². The van der Waals surface area contributed by atoms with Crippen LogP contribution in [-0.2, 0) is 9.59 Å². The van der Waals surface area contributed by atoms with Gasteiger partial charge in [-0.3, -0.25) is 9.59 Å². The zero-order chi connectivity index (χ0) is 8.85. The standard InChI is InChI=1S/C6H13N3O2/c1-4(10)9-5(3-7)6(11)8-2/h5H,3,7H2,1-2H3,(H,8,11)(H,9,10). The highest BCUT2D eigenvalue weighted by molar-refractivity contribution is 5.86. The molecule has 5 nitrogen and oxygen atoms in total. The van der Waals surface area contributed by atoms with Crippen molar-refractivity contribution in [2.24, 2.45) is 5.73 Å². The molecular weight excluding hydrogens is 146 g/mol. The zero-order valence-corrected chi connectivity index (χ0v) is 6.68. The summed E-state index contributed by atoms with van der Waals surface area (Å²) < 4.78 is 0. The minimum absolute atomic E-state index is 0.110. The molecule has 0 heterocycles. The maximum Gasteiger partial charge on any atom is 0.243 e. The molecule has 0 aromatic rings. The quantitative estimate of drug-likeness (QED) is 0.454. The highest BCUT2D eigenvalue weighted by atomic mass is 16.2. The summed E-state index contributed by atoms with van der Waals surface area (Å²) in [7, 11) is 1.49. The maximum absolute atomic E-state index is 10.9. The first-order valence-corrected chi connectivity index (χ1v) is 3.30. The van der Waals surface area contributed by atoms with E-state index in [0.717, 1.165) is 0 Å². The molecule has 0 rings (SSSR count). The average Bonchev–Trinajstić information content (AvgIpc) is 1.98. The fourth-order valence-corrected chi connectivity index (χ4v) is 0.651. The van der Waals surface area contributed by atoms with Gasteiger partial charge in [0.25, 0.3) is 0 Å². The number of amides is 2. The summed E-state index contributed by atoms with van der Waals surface area (Å²) in [6, 6.07) is -0.613. The van der Waals surface area contributed by atoms with E-state index >= 15 is 0 Å². The second kappa shape index (κ2) is 4.68. The lowest BCUT2D eigenvalue weighted by atomic mass is 10.3. The van der Waals surface area contributed by atoms with Gasteiger partial charge >= 0.3 is 0 Å². The number of nitrogens with one attached hydrogen (secondary N) is 2. The smallest absolute Gasteiger partial charge is 0.243 e. The van der Waals surface area contributed by atoms with Crippen LogP contribution < -0.4 is 16.4 Å². The van der Waals surface area contributed by atoms with Gasteiger partial charge in [0.05, 0.1) is 0 Å². The highest BCUT2D eigenvalue weighted by Gasteiger charge is 2.14. The van der Waals surface area contributed by atoms with Crippen LogP contribution in [0.15, 0.2) is 0 Å². The molecule has 0 aliphatic carbocycles. The van der Waals surface area contributed by atoms with Crippen molar-refractivity contribution in [2.45, 2.75) is 13.0 Å². The summed E-state index contributed by atoms with van der Waals surface area (Å²) >= 11 is 0. The van der Waals surface area contributed by atoms with Crippen LogP contribution in [0.25, 0.3) is 0 Å². The van der Waals surface area contributed by atoms with E-state index in [1.165, 1.54) is 14.0 Å². The van der Waals surface area contributed by atoms with Crippen molar-refractivity contribution in [1.82, 2.24) is 10.6 Å². The molecule has 0 saturated heterocycles. The number of rotatable bonds is 3. The van der Waals surface area contributed by atoms with E-state index < -0.39 is 6.04 Å². The van der Waals surface area contributed by atoms with Crippen molar-refractivity contribution in [3.63, 3.8) is 0 Å². The molecule has 0 fully saturated rings. The van der Waals surface area contributed by atoms with Gasteiger partial charge in [0.2, 0.25) is 11.8 Å². The van der Waals surface area contributed by atoms with Gasteiger partial charge in [0, 0.05) is 20.5 Å². The van der Waals surface area contributed by atoms with Crippen LogP contribution in [0, 0.1) is 0 Å². The largest absolute Gasteiger partial charge is 0.357 e. The molecule has 64 valence electrons. The molecule has 0 aromatic heterocycles. The number of hydrogen-bond acceptors (Lipinski definition) is 3. The van der Waals surface area contributed by atoms with Crippen molar-refractivity contribution in [2.75, 3.05) is 13.6 Å². The Balaban J connectivity index is 3.94. The lowest BCUT2D eigenvalue weighted by Crippen LogP contribution is -2.49. The molecule has 5 heteroatoms. The lowest BCUT2D eigenvalue weighted by Gasteiger charge is -2.12. The third-order valence-electron chi connectivity index (χ3n) is 1.18. The van der Waals surface area contributed by atoms with E-state index in [4.69, 9.17) is 5.73 Å². The fourth-order valence-electron chi connectivity index (χ4n) is 0.651. The summed E-state index contributed by atoms with van der Waals surface area (Å²) in [6.07, 6.45) is 0. The van der Waals surface area contributed by atoms with Crippen LogP contribution in [0.2, 0.25) is 0 Å². The van der Waals surface area contributed by atoms with Gasteiger partial charge in [0.1, 0.15) is 6.04 Å². The number of carbonyl (C=O) groups is 2. The van der Waals surface area contributed by atoms with Crippen molar-refractivity contribution < 1.29 is 9.59 Å². The Kier molecular flexibility index (Phi) is 4.21. The van der Waals surface area contributed by atoms with Gasteiger partial charge in [-0.15, -0.1) is 0 Å². The van der Waals surface area contributed by atoms with Crippen molar-refractivity contribution in [1.29, 1.82) is 0 Å². The van der Waals surface area contributed by atoms with E-state index in [2.05, 4.69) is 10.6 Å². The molecular formula is C6H13N3O2. The van der Waals surface area contributed by atoms with Crippen molar-refractivity contribution >= 4 is 11.8 Å². The fraction of sp³-hybridized carbons (Fsp3) is 0.667. The minimum atomic E-state index is -0.613. The first-order valence-electron chi connectivity index (χ1n) is 3.30. The number of likely N-dealkylation sites (N-methyl/N-ethyl adjacent to an activating group) is 1. The van der Waals surface area contributed by atoms with Crippen LogP contribution in [0.5, 0.6) is 0 Å². The Labute approximate surface area is 65.3 Å². The number of carbonyl (C=O) groups excluding carboxylic acids is 2. The molecule has 2 amide bonds. The Morgan fingerprint density at radius 1 is 1.55 bits per heavy atom. The van der Waals surface area contributed by atoms with Gasteiger partial charge in [-0.2, -0.15) is 0 Å². The molecule has 0 aliphatic rings. The molecule has 0 spiro atoms. The third kappa shape index (κ3) is 3.57. The predicted molar refractivity (Wildman–Crippen MR) is 40.7 cm³/mol. The van der Waals surface area contributed by atoms with E-state index in [-0.39, 0.29) is 18.4 Å². The van der Waals surface area contributed by atoms with E-state index in [1.807, 2.05) is 0 Å². The monoisotopic (exact) mass is 159 g/mol. The Hall–Kier alpha value is -1.10. The molecule has 4 N–H and O–H groups in total. The average molecular weight is 159 g/mol. The van der Waals surface area contributed by atoms with Gasteiger partial charge in [-0.25, -0.2) is 0 Å². The SMILES string of the molecule is CNC(=O)C(CN)NC(C)=O. The molecule has 0 radical (unpaired) electrons. The molecule has 1 atom stereocenters. The number of hydrogen-bond donors (Lipinski definition) is 3. The third-order valence-corrected chi connectivity index (χ3v) is 1.18. The molecule has 0 aliphatic heterocycles. The predicted octanol–water partition coefficient (Wildman–Crippen LogP) is -1.80. The minimum Gasteiger partial charge on any atom is -0.357 e. The summed E-state index contributed by atoms with van der Waals surface area (Å²) in [6.45, 7) is 1.45. The maximum atomic E-state index is 10.9. The molecule has 1 unspecified atom stereocenters. The first kappa shape index (κ1) is 9.90. The Bertz CT molecular complexity index is 158. The van der Waals surface area contributed by atoms with Gasteiger partial charge in [0.15, 0.2) is 0 Å². The summed E-state index contributed by atoms with van der Waals surface area (Å²) in [5, 5.41) is 4.79. The Morgan fingerprint density at radius 2 is 2.09 bits per heavy atom. The highest BCUT2D eigenvalue weighted by Crippen LogP contribution is 1.79. The second-order valence-corrected chi connectivity index (χ2v) is 2.10. The van der Waals surface area contributed by atoms with E-state index in [1.54, 1.807) is 0 Å². The van der Waals surface area contributed by atoms with Crippen LogP contribution >= 0.6 is 0 Å². The summed E-state index contributed by atoms with van der Waals surface area (Å²) in [4.78, 5) is 21.4. The second-order valence-electron chi connectivity index (χ2n) is 2.10. The number of nitrogens with two attached hydrogens (primary N) is 1. The van der Waals surface area contributed by atoms with Crippen LogP contribution in [0.3, 0.4) is 0 Å². The summed E-state index contributed by atoms with van der Waals surface area (Å²) in [5.41, 5.74) is 5.22. The molecule has 11 heavy (non-hydrogen) atoms. The van der Waals surface area contributed by atoms with E-state index in [9.17, 15) is 9.59 Å². The van der Waals surface area contributed by atoms with Crippen molar-refractivity contribution in [3.05, 3.63) is 0 Å². The lowest BCUT2D eigenvalue weighted by molar-refractivity contribution is -0.127. The molecule has 0 aromatic carbocycles. The zero-order valence-electron chi connectivity index (χ0n) is 6.68. The van der Waals surface area contributed by atoms with Crippen LogP contribution in [0.4, 0.5) is 0 Å². The molecule has 0 saturated carbocycles. The van der Waals surface area contributed by atoms with Gasteiger partial charge in [-0.1, -0.05) is 0 Å². The van der Waals surface area contributed by atoms with Crippen LogP contribution in [-0.4, -0.2) is 31.4 Å². The van der Waals surface area contributed by atoms with Gasteiger partial charge < -0.3 is 16.4 Å². The first-order chi connectivity index (χ1) is 5.11.